The molecule has 0 atom stereocenters. The monoisotopic (exact) mass is 251 g/mol. The van der Waals surface area contributed by atoms with Crippen molar-refractivity contribution in [2.75, 3.05) is 5.75 Å². The zero-order valence-corrected chi connectivity index (χ0v) is 9.63. The SMILES string of the molecule is O=C1CSc2nc(-c3cccc(Cl)c3)nn21. The lowest BCUT2D eigenvalue weighted by atomic mass is 10.2. The van der Waals surface area contributed by atoms with Gasteiger partial charge in [-0.15, -0.1) is 5.10 Å². The van der Waals surface area contributed by atoms with Gasteiger partial charge in [0.15, 0.2) is 11.0 Å². The van der Waals surface area contributed by atoms with Crippen LogP contribution in [0.1, 0.15) is 4.79 Å². The highest BCUT2D eigenvalue weighted by atomic mass is 35.5. The van der Waals surface area contributed by atoms with E-state index in [-0.39, 0.29) is 5.91 Å². The summed E-state index contributed by atoms with van der Waals surface area (Å²) in [6.07, 6.45) is 0. The second-order valence-corrected chi connectivity index (χ2v) is 4.70. The fraction of sp³-hybridized carbons (Fsp3) is 0.100. The summed E-state index contributed by atoms with van der Waals surface area (Å²) in [5.74, 6) is 0.935. The number of hydrogen-bond donors (Lipinski definition) is 0. The van der Waals surface area contributed by atoms with E-state index in [4.69, 9.17) is 11.6 Å². The molecular weight excluding hydrogens is 246 g/mol. The summed E-state index contributed by atoms with van der Waals surface area (Å²) in [6.45, 7) is 0. The zero-order valence-electron chi connectivity index (χ0n) is 8.05. The Kier molecular flexibility index (Phi) is 2.22. The van der Waals surface area contributed by atoms with E-state index in [1.807, 2.05) is 12.1 Å². The topological polar surface area (TPSA) is 47.8 Å². The maximum absolute atomic E-state index is 11.4. The average Bonchev–Trinajstić information content (AvgIpc) is 2.81. The maximum atomic E-state index is 11.4. The molecule has 1 aliphatic heterocycles. The average molecular weight is 252 g/mol. The van der Waals surface area contributed by atoms with Crippen molar-refractivity contribution in [1.29, 1.82) is 0 Å². The van der Waals surface area contributed by atoms with E-state index in [2.05, 4.69) is 10.1 Å². The molecular formula is C10H6ClN3OS. The van der Waals surface area contributed by atoms with Crippen LogP contribution in [0.2, 0.25) is 5.02 Å². The number of carbonyl (C=O) groups excluding carboxylic acids is 1. The van der Waals surface area contributed by atoms with Gasteiger partial charge < -0.3 is 0 Å². The van der Waals surface area contributed by atoms with Crippen LogP contribution >= 0.6 is 23.4 Å². The Balaban J connectivity index is 2.08. The van der Waals surface area contributed by atoms with Crippen molar-refractivity contribution in [2.45, 2.75) is 5.16 Å². The van der Waals surface area contributed by atoms with Crippen molar-refractivity contribution >= 4 is 29.3 Å². The minimum Gasteiger partial charge on any atom is -0.271 e. The summed E-state index contributed by atoms with van der Waals surface area (Å²) in [5, 5.41) is 5.44. The first-order chi connectivity index (χ1) is 7.74. The molecule has 0 saturated carbocycles. The number of aromatic nitrogens is 3. The molecule has 1 aromatic heterocycles. The van der Waals surface area contributed by atoms with Crippen LogP contribution in [0.15, 0.2) is 29.4 Å². The molecule has 6 heteroatoms. The van der Waals surface area contributed by atoms with E-state index < -0.39 is 0 Å². The molecule has 2 heterocycles. The Bertz CT molecular complexity index is 581. The number of carbonyl (C=O) groups is 1. The number of fused-ring (bicyclic) bond motifs is 1. The molecule has 3 rings (SSSR count). The van der Waals surface area contributed by atoms with Gasteiger partial charge in [-0.3, -0.25) is 4.79 Å². The molecule has 0 amide bonds. The van der Waals surface area contributed by atoms with Crippen molar-refractivity contribution in [3.63, 3.8) is 0 Å². The molecule has 4 nitrogen and oxygen atoms in total. The lowest BCUT2D eigenvalue weighted by molar-refractivity contribution is 0.0923. The summed E-state index contributed by atoms with van der Waals surface area (Å²) in [6, 6.07) is 7.27. The highest BCUT2D eigenvalue weighted by molar-refractivity contribution is 8.00. The molecule has 0 radical (unpaired) electrons. The van der Waals surface area contributed by atoms with Crippen LogP contribution in [0, 0.1) is 0 Å². The Morgan fingerprint density at radius 3 is 3.06 bits per heavy atom. The van der Waals surface area contributed by atoms with Gasteiger partial charge in [0.2, 0.25) is 0 Å². The van der Waals surface area contributed by atoms with E-state index in [1.165, 1.54) is 16.4 Å². The van der Waals surface area contributed by atoms with Gasteiger partial charge in [0.25, 0.3) is 5.91 Å². The molecule has 1 aliphatic rings. The third-order valence-corrected chi connectivity index (χ3v) is 3.37. The zero-order chi connectivity index (χ0) is 11.1. The third kappa shape index (κ3) is 1.52. The Morgan fingerprint density at radius 2 is 2.31 bits per heavy atom. The number of benzene rings is 1. The van der Waals surface area contributed by atoms with Crippen LogP contribution < -0.4 is 0 Å². The Labute approximate surface area is 101 Å². The number of halogens is 1. The lowest BCUT2D eigenvalue weighted by Crippen LogP contribution is -2.08. The molecule has 2 aromatic rings. The number of hydrogen-bond acceptors (Lipinski definition) is 4. The second-order valence-electron chi connectivity index (χ2n) is 3.32. The number of nitrogens with zero attached hydrogens (tertiary/aromatic N) is 3. The summed E-state index contributed by atoms with van der Waals surface area (Å²) in [4.78, 5) is 15.7. The van der Waals surface area contributed by atoms with Gasteiger partial charge >= 0.3 is 0 Å². The maximum Gasteiger partial charge on any atom is 0.259 e. The van der Waals surface area contributed by atoms with Crippen molar-refractivity contribution in [3.05, 3.63) is 29.3 Å². The molecule has 0 spiro atoms. The smallest absolute Gasteiger partial charge is 0.259 e. The lowest BCUT2D eigenvalue weighted by Gasteiger charge is -1.95. The second kappa shape index (κ2) is 3.61. The standard InChI is InChI=1S/C10H6ClN3OS/c11-7-3-1-2-6(4-7)9-12-10-14(13-9)8(15)5-16-10/h1-4H,5H2. The first-order valence-corrected chi connectivity index (χ1v) is 5.99. The number of rotatable bonds is 1. The van der Waals surface area contributed by atoms with Gasteiger partial charge in [0, 0.05) is 10.6 Å². The molecule has 0 saturated heterocycles. The summed E-state index contributed by atoms with van der Waals surface area (Å²) >= 11 is 7.29. The van der Waals surface area contributed by atoms with E-state index in [0.717, 1.165) is 5.56 Å². The van der Waals surface area contributed by atoms with Gasteiger partial charge in [-0.1, -0.05) is 35.5 Å². The van der Waals surface area contributed by atoms with Crippen molar-refractivity contribution in [3.8, 4) is 11.4 Å². The first-order valence-electron chi connectivity index (χ1n) is 4.63. The largest absolute Gasteiger partial charge is 0.271 e. The van der Waals surface area contributed by atoms with Crippen molar-refractivity contribution in [2.24, 2.45) is 0 Å². The van der Waals surface area contributed by atoms with E-state index >= 15 is 0 Å². The van der Waals surface area contributed by atoms with Crippen LogP contribution in [0.4, 0.5) is 0 Å². The van der Waals surface area contributed by atoms with E-state index in [0.29, 0.717) is 21.8 Å². The Morgan fingerprint density at radius 1 is 1.44 bits per heavy atom. The van der Waals surface area contributed by atoms with Crippen LogP contribution in [-0.4, -0.2) is 26.4 Å². The first kappa shape index (κ1) is 9.86. The normalized spacial score (nSPS) is 14.2. The minimum atomic E-state index is -0.0271. The Hall–Kier alpha value is -1.33. The van der Waals surface area contributed by atoms with Crippen molar-refractivity contribution in [1.82, 2.24) is 14.8 Å². The summed E-state index contributed by atoms with van der Waals surface area (Å²) < 4.78 is 1.35. The molecule has 16 heavy (non-hydrogen) atoms. The van der Waals surface area contributed by atoms with Gasteiger partial charge in [-0.05, 0) is 12.1 Å². The van der Waals surface area contributed by atoms with E-state index in [1.54, 1.807) is 12.1 Å². The van der Waals surface area contributed by atoms with Gasteiger partial charge in [0.1, 0.15) is 0 Å². The third-order valence-electron chi connectivity index (χ3n) is 2.22. The highest BCUT2D eigenvalue weighted by Gasteiger charge is 2.24. The fourth-order valence-electron chi connectivity index (χ4n) is 1.49. The molecule has 0 N–H and O–H groups in total. The van der Waals surface area contributed by atoms with Gasteiger partial charge in [-0.2, -0.15) is 4.68 Å². The fourth-order valence-corrected chi connectivity index (χ4v) is 2.47. The predicted octanol–water partition coefficient (Wildman–Crippen LogP) is 2.34. The van der Waals surface area contributed by atoms with Gasteiger partial charge in [0.05, 0.1) is 5.75 Å². The molecule has 0 fully saturated rings. The van der Waals surface area contributed by atoms with Crippen molar-refractivity contribution < 1.29 is 4.79 Å². The van der Waals surface area contributed by atoms with Gasteiger partial charge in [-0.25, -0.2) is 4.98 Å². The highest BCUT2D eigenvalue weighted by Crippen LogP contribution is 2.27. The quantitative estimate of drug-likeness (QED) is 0.781. The molecule has 1 aromatic carbocycles. The van der Waals surface area contributed by atoms with Crippen LogP contribution in [-0.2, 0) is 0 Å². The van der Waals surface area contributed by atoms with Crippen LogP contribution in [0.25, 0.3) is 11.4 Å². The predicted molar refractivity (Wildman–Crippen MR) is 61.8 cm³/mol. The summed E-state index contributed by atoms with van der Waals surface area (Å²) in [5.41, 5.74) is 0.822. The van der Waals surface area contributed by atoms with Crippen LogP contribution in [0.5, 0.6) is 0 Å². The molecule has 0 bridgehead atoms. The molecule has 80 valence electrons. The summed E-state index contributed by atoms with van der Waals surface area (Å²) in [7, 11) is 0. The molecule has 0 unspecified atom stereocenters. The number of thioether (sulfide) groups is 1. The van der Waals surface area contributed by atoms with Crippen LogP contribution in [0.3, 0.4) is 0 Å². The van der Waals surface area contributed by atoms with E-state index in [9.17, 15) is 4.79 Å². The molecule has 0 aliphatic carbocycles. The minimum absolute atomic E-state index is 0.0271.